The third kappa shape index (κ3) is 0.669. The van der Waals surface area contributed by atoms with Gasteiger partial charge in [0.05, 0.1) is 5.70 Å². The van der Waals surface area contributed by atoms with Gasteiger partial charge in [0.15, 0.2) is 0 Å². The maximum atomic E-state index is 4.14. The van der Waals surface area contributed by atoms with Crippen LogP contribution in [0.4, 0.5) is 0 Å². The fourth-order valence-electron chi connectivity index (χ4n) is 1.11. The average molecular weight is 120 g/mol. The van der Waals surface area contributed by atoms with Gasteiger partial charge in [-0.25, -0.2) is 0 Å². The van der Waals surface area contributed by atoms with Gasteiger partial charge in [-0.05, 0) is 18.6 Å². The fraction of sp³-hybridized carbons (Fsp3) is 0.286. The SMILES string of the molecule is C1=CC2=CCCN2N=C1. The zero-order valence-electron chi connectivity index (χ0n) is 5.12. The van der Waals surface area contributed by atoms with E-state index in [9.17, 15) is 0 Å². The Bertz CT molecular complexity index is 198. The normalized spacial score (nSPS) is 22.2. The monoisotopic (exact) mass is 120 g/mol. The van der Waals surface area contributed by atoms with E-state index in [1.165, 1.54) is 5.70 Å². The molecule has 0 spiro atoms. The minimum Gasteiger partial charge on any atom is -0.266 e. The molecule has 0 fully saturated rings. The molecule has 46 valence electrons. The minimum absolute atomic E-state index is 1.05. The van der Waals surface area contributed by atoms with Gasteiger partial charge in [-0.1, -0.05) is 6.08 Å². The van der Waals surface area contributed by atoms with Crippen LogP contribution in [0.3, 0.4) is 0 Å². The smallest absolute Gasteiger partial charge is 0.0555 e. The summed E-state index contributed by atoms with van der Waals surface area (Å²) in [4.78, 5) is 0. The van der Waals surface area contributed by atoms with E-state index >= 15 is 0 Å². The first-order valence-electron chi connectivity index (χ1n) is 3.15. The van der Waals surface area contributed by atoms with Crippen LogP contribution in [0.25, 0.3) is 0 Å². The number of hydrazone groups is 1. The highest BCUT2D eigenvalue weighted by Crippen LogP contribution is 2.17. The standard InChI is InChI=1S/C7H8N2/c1-3-7-4-2-6-9(7)8-5-1/h1,3-5H,2,6H2. The molecule has 2 heteroatoms. The number of rotatable bonds is 0. The summed E-state index contributed by atoms with van der Waals surface area (Å²) in [6, 6.07) is 0. The highest BCUT2D eigenvalue weighted by atomic mass is 15.5. The maximum Gasteiger partial charge on any atom is 0.0555 e. The number of hydrogen-bond acceptors (Lipinski definition) is 2. The summed E-state index contributed by atoms with van der Waals surface area (Å²) >= 11 is 0. The predicted octanol–water partition coefficient (Wildman–Crippen LogP) is 1.13. The van der Waals surface area contributed by atoms with Crippen molar-refractivity contribution in [3.05, 3.63) is 23.9 Å². The number of allylic oxidation sites excluding steroid dienone is 2. The summed E-state index contributed by atoms with van der Waals surface area (Å²) in [5.74, 6) is 0. The van der Waals surface area contributed by atoms with E-state index < -0.39 is 0 Å². The second-order valence-corrected chi connectivity index (χ2v) is 2.16. The lowest BCUT2D eigenvalue weighted by atomic mass is 10.3. The third-order valence-electron chi connectivity index (χ3n) is 1.55. The van der Waals surface area contributed by atoms with Crippen molar-refractivity contribution < 1.29 is 0 Å². The lowest BCUT2D eigenvalue weighted by molar-refractivity contribution is 0.411. The van der Waals surface area contributed by atoms with Crippen molar-refractivity contribution in [2.45, 2.75) is 6.42 Å². The lowest BCUT2D eigenvalue weighted by Crippen LogP contribution is -2.13. The Labute approximate surface area is 54.2 Å². The first-order chi connectivity index (χ1) is 4.47. The van der Waals surface area contributed by atoms with Gasteiger partial charge in [-0.3, -0.25) is 5.01 Å². The van der Waals surface area contributed by atoms with Crippen LogP contribution in [0.5, 0.6) is 0 Å². The summed E-state index contributed by atoms with van der Waals surface area (Å²) in [6.45, 7) is 1.05. The fourth-order valence-corrected chi connectivity index (χ4v) is 1.11. The third-order valence-corrected chi connectivity index (χ3v) is 1.55. The Morgan fingerprint density at radius 1 is 1.56 bits per heavy atom. The molecule has 2 nitrogen and oxygen atoms in total. The summed E-state index contributed by atoms with van der Waals surface area (Å²) in [6.07, 6.45) is 9.21. The highest BCUT2D eigenvalue weighted by Gasteiger charge is 2.11. The highest BCUT2D eigenvalue weighted by molar-refractivity contribution is 5.73. The molecule has 0 amide bonds. The second kappa shape index (κ2) is 1.72. The van der Waals surface area contributed by atoms with E-state index in [4.69, 9.17) is 0 Å². The molecule has 2 aliphatic rings. The Balaban J connectivity index is 2.33. The van der Waals surface area contributed by atoms with E-state index in [1.807, 2.05) is 17.3 Å². The van der Waals surface area contributed by atoms with Gasteiger partial charge in [0.1, 0.15) is 0 Å². The van der Waals surface area contributed by atoms with Gasteiger partial charge in [0.2, 0.25) is 0 Å². The topological polar surface area (TPSA) is 15.6 Å². The molecule has 0 saturated carbocycles. The Hall–Kier alpha value is -1.05. The average Bonchev–Trinajstić information content (AvgIpc) is 2.33. The predicted molar refractivity (Wildman–Crippen MR) is 37.0 cm³/mol. The van der Waals surface area contributed by atoms with Crippen molar-refractivity contribution >= 4 is 6.21 Å². The molecule has 9 heavy (non-hydrogen) atoms. The van der Waals surface area contributed by atoms with Gasteiger partial charge in [-0.2, -0.15) is 5.10 Å². The van der Waals surface area contributed by atoms with Crippen LogP contribution in [0, 0.1) is 0 Å². The van der Waals surface area contributed by atoms with E-state index in [-0.39, 0.29) is 0 Å². The summed E-state index contributed by atoms with van der Waals surface area (Å²) < 4.78 is 0. The van der Waals surface area contributed by atoms with Gasteiger partial charge in [0.25, 0.3) is 0 Å². The van der Waals surface area contributed by atoms with Gasteiger partial charge < -0.3 is 0 Å². The van der Waals surface area contributed by atoms with E-state index in [0.717, 1.165) is 13.0 Å². The number of nitrogens with zero attached hydrogens (tertiary/aromatic N) is 2. The Kier molecular flexibility index (Phi) is 0.918. The molecule has 2 aliphatic heterocycles. The van der Waals surface area contributed by atoms with Crippen molar-refractivity contribution in [1.29, 1.82) is 0 Å². The number of fused-ring (bicyclic) bond motifs is 1. The first kappa shape index (κ1) is 4.79. The maximum absolute atomic E-state index is 4.14. The quantitative estimate of drug-likeness (QED) is 0.468. The van der Waals surface area contributed by atoms with Crippen LogP contribution in [0.15, 0.2) is 29.0 Å². The number of hydrogen-bond donors (Lipinski definition) is 0. The van der Waals surface area contributed by atoms with Gasteiger partial charge in [-0.15, -0.1) is 0 Å². The zero-order valence-corrected chi connectivity index (χ0v) is 5.12. The molecule has 0 unspecified atom stereocenters. The molecule has 0 atom stereocenters. The van der Waals surface area contributed by atoms with Crippen molar-refractivity contribution in [3.63, 3.8) is 0 Å². The molecule has 0 aliphatic carbocycles. The van der Waals surface area contributed by atoms with Crippen molar-refractivity contribution in [3.8, 4) is 0 Å². The van der Waals surface area contributed by atoms with Crippen LogP contribution < -0.4 is 0 Å². The zero-order chi connectivity index (χ0) is 6.10. The van der Waals surface area contributed by atoms with Crippen LogP contribution in [0.2, 0.25) is 0 Å². The summed E-state index contributed by atoms with van der Waals surface area (Å²) in [5, 5.41) is 6.16. The van der Waals surface area contributed by atoms with Crippen LogP contribution >= 0.6 is 0 Å². The minimum atomic E-state index is 1.05. The van der Waals surface area contributed by atoms with Crippen LogP contribution in [-0.2, 0) is 0 Å². The molecular weight excluding hydrogens is 112 g/mol. The van der Waals surface area contributed by atoms with Crippen molar-refractivity contribution in [2.75, 3.05) is 6.54 Å². The summed E-state index contributed by atoms with van der Waals surface area (Å²) in [5.41, 5.74) is 1.25. The second-order valence-electron chi connectivity index (χ2n) is 2.16. The summed E-state index contributed by atoms with van der Waals surface area (Å²) in [7, 11) is 0. The van der Waals surface area contributed by atoms with E-state index in [0.29, 0.717) is 0 Å². The van der Waals surface area contributed by atoms with Crippen molar-refractivity contribution in [1.82, 2.24) is 5.01 Å². The van der Waals surface area contributed by atoms with Crippen LogP contribution in [-0.4, -0.2) is 17.8 Å². The van der Waals surface area contributed by atoms with E-state index in [2.05, 4.69) is 17.3 Å². The molecule has 0 aromatic rings. The van der Waals surface area contributed by atoms with Gasteiger partial charge >= 0.3 is 0 Å². The molecule has 0 bridgehead atoms. The molecular formula is C7H8N2. The van der Waals surface area contributed by atoms with Crippen molar-refractivity contribution in [2.24, 2.45) is 5.10 Å². The molecule has 0 saturated heterocycles. The molecule has 0 aromatic carbocycles. The van der Waals surface area contributed by atoms with E-state index in [1.54, 1.807) is 0 Å². The molecule has 0 N–H and O–H groups in total. The molecule has 2 heterocycles. The first-order valence-corrected chi connectivity index (χ1v) is 3.15. The Morgan fingerprint density at radius 3 is 3.44 bits per heavy atom. The van der Waals surface area contributed by atoms with Gasteiger partial charge in [0, 0.05) is 12.8 Å². The molecule has 0 aromatic heterocycles. The Morgan fingerprint density at radius 2 is 2.56 bits per heavy atom. The molecule has 2 rings (SSSR count). The lowest BCUT2D eigenvalue weighted by Gasteiger charge is -2.14. The molecule has 0 radical (unpaired) electrons. The largest absolute Gasteiger partial charge is 0.266 e. The van der Waals surface area contributed by atoms with Crippen LogP contribution in [0.1, 0.15) is 6.42 Å².